The molecule has 0 saturated carbocycles. The highest BCUT2D eigenvalue weighted by atomic mass is 35.5. The molecule has 0 spiro atoms. The largest absolute Gasteiger partial charge is 0.484 e. The maximum absolute atomic E-state index is 14.1. The molecule has 36 heavy (non-hydrogen) atoms. The zero-order valence-corrected chi connectivity index (χ0v) is 21.2. The van der Waals surface area contributed by atoms with Crippen LogP contribution in [0.5, 0.6) is 5.75 Å². The van der Waals surface area contributed by atoms with E-state index >= 15 is 0 Å². The minimum atomic E-state index is -0.593. The second kappa shape index (κ2) is 11.2. The van der Waals surface area contributed by atoms with Crippen molar-refractivity contribution < 1.29 is 23.5 Å². The molecule has 0 aliphatic carbocycles. The van der Waals surface area contributed by atoms with Gasteiger partial charge in [-0.15, -0.1) is 0 Å². The predicted octanol–water partition coefficient (Wildman–Crippen LogP) is 6.69. The first-order valence-corrected chi connectivity index (χ1v) is 12.3. The first-order valence-electron chi connectivity index (χ1n) is 10.7. The molecule has 1 aliphatic rings. The summed E-state index contributed by atoms with van der Waals surface area (Å²) >= 11 is 12.9. The van der Waals surface area contributed by atoms with E-state index in [9.17, 15) is 18.8 Å². The lowest BCUT2D eigenvalue weighted by molar-refractivity contribution is -0.123. The van der Waals surface area contributed by atoms with Crippen molar-refractivity contribution >= 4 is 63.8 Å². The van der Waals surface area contributed by atoms with E-state index in [0.29, 0.717) is 22.0 Å². The molecule has 0 bridgehead atoms. The number of nitrogens with one attached hydrogen (secondary N) is 1. The van der Waals surface area contributed by atoms with Crippen molar-refractivity contribution in [3.8, 4) is 5.75 Å². The smallest absolute Gasteiger partial charge is 0.293 e. The van der Waals surface area contributed by atoms with Gasteiger partial charge in [-0.25, -0.2) is 4.39 Å². The number of ether oxygens (including phenoxy) is 1. The van der Waals surface area contributed by atoms with Gasteiger partial charge in [0, 0.05) is 21.3 Å². The van der Waals surface area contributed by atoms with Crippen LogP contribution >= 0.6 is 35.0 Å². The third-order valence-electron chi connectivity index (χ3n) is 5.23. The van der Waals surface area contributed by atoms with Crippen LogP contribution in [-0.2, 0) is 16.1 Å². The molecule has 3 aromatic rings. The van der Waals surface area contributed by atoms with E-state index in [4.69, 9.17) is 27.9 Å². The van der Waals surface area contributed by atoms with Crippen molar-refractivity contribution in [2.45, 2.75) is 13.5 Å². The number of thioether (sulfide) groups is 1. The number of halogens is 3. The zero-order valence-electron chi connectivity index (χ0n) is 18.9. The van der Waals surface area contributed by atoms with Gasteiger partial charge in [0.25, 0.3) is 17.1 Å². The number of amides is 3. The van der Waals surface area contributed by atoms with Crippen molar-refractivity contribution in [2.75, 3.05) is 11.9 Å². The summed E-state index contributed by atoms with van der Waals surface area (Å²) in [7, 11) is 0. The lowest BCUT2D eigenvalue weighted by Crippen LogP contribution is -2.28. The van der Waals surface area contributed by atoms with E-state index in [1.807, 2.05) is 6.92 Å². The van der Waals surface area contributed by atoms with Gasteiger partial charge in [-0.05, 0) is 72.3 Å². The number of rotatable bonds is 7. The van der Waals surface area contributed by atoms with E-state index in [1.165, 1.54) is 24.3 Å². The second-order valence-electron chi connectivity index (χ2n) is 7.84. The molecule has 0 unspecified atom stereocenters. The average molecular weight is 545 g/mol. The van der Waals surface area contributed by atoms with Gasteiger partial charge in [-0.2, -0.15) is 0 Å². The lowest BCUT2D eigenvalue weighted by atomic mass is 10.2. The second-order valence-corrected chi connectivity index (χ2v) is 9.65. The Morgan fingerprint density at radius 1 is 1.08 bits per heavy atom. The molecule has 0 atom stereocenters. The van der Waals surface area contributed by atoms with Gasteiger partial charge < -0.3 is 10.1 Å². The number of hydrogen-bond acceptors (Lipinski definition) is 5. The van der Waals surface area contributed by atoms with Crippen molar-refractivity contribution in [1.82, 2.24) is 4.90 Å². The number of carbonyl (C=O) groups excluding carboxylic acids is 3. The summed E-state index contributed by atoms with van der Waals surface area (Å²) in [5, 5.41) is 2.87. The fraction of sp³-hybridized carbons (Fsp3) is 0.115. The van der Waals surface area contributed by atoms with Crippen LogP contribution in [0.3, 0.4) is 0 Å². The molecular formula is C26H19Cl2FN2O4S. The number of aryl methyl sites for hydroxylation is 1. The molecule has 1 N–H and O–H groups in total. The monoisotopic (exact) mass is 544 g/mol. The summed E-state index contributed by atoms with van der Waals surface area (Å²) in [6.07, 6.45) is 1.54. The number of imide groups is 1. The van der Waals surface area contributed by atoms with Crippen molar-refractivity contribution in [2.24, 2.45) is 0 Å². The summed E-state index contributed by atoms with van der Waals surface area (Å²) in [5.41, 5.74) is 2.12. The highest BCUT2D eigenvalue weighted by Gasteiger charge is 2.35. The SMILES string of the molecule is Cc1ccc(NC(=O)COc2cccc(/C=C3\SC(=O)N(Cc4c(F)cccc4Cl)C3=O)c2)cc1Cl. The van der Waals surface area contributed by atoms with Gasteiger partial charge >= 0.3 is 0 Å². The molecule has 3 aromatic carbocycles. The van der Waals surface area contributed by atoms with Crippen LogP contribution in [0.1, 0.15) is 16.7 Å². The Bertz CT molecular complexity index is 1380. The van der Waals surface area contributed by atoms with Gasteiger partial charge in [0.1, 0.15) is 11.6 Å². The maximum atomic E-state index is 14.1. The van der Waals surface area contributed by atoms with Crippen molar-refractivity contribution in [1.29, 1.82) is 0 Å². The van der Waals surface area contributed by atoms with Crippen molar-refractivity contribution in [3.05, 3.63) is 98.1 Å². The molecule has 3 amide bonds. The van der Waals surface area contributed by atoms with Crippen molar-refractivity contribution in [3.63, 3.8) is 0 Å². The number of anilines is 1. The summed E-state index contributed by atoms with van der Waals surface area (Å²) in [4.78, 5) is 38.6. The molecule has 1 heterocycles. The summed E-state index contributed by atoms with van der Waals surface area (Å²) in [6, 6.07) is 16.1. The Labute approximate surface area is 221 Å². The molecule has 184 valence electrons. The number of hydrogen-bond donors (Lipinski definition) is 1. The van der Waals surface area contributed by atoms with E-state index in [-0.39, 0.29) is 34.6 Å². The molecule has 1 saturated heterocycles. The van der Waals surface area contributed by atoms with Crippen LogP contribution in [0.25, 0.3) is 6.08 Å². The maximum Gasteiger partial charge on any atom is 0.293 e. The Hall–Kier alpha value is -3.33. The average Bonchev–Trinajstić information content (AvgIpc) is 3.10. The fourth-order valence-electron chi connectivity index (χ4n) is 3.34. The Kier molecular flexibility index (Phi) is 7.98. The number of nitrogens with zero attached hydrogens (tertiary/aromatic N) is 1. The first-order chi connectivity index (χ1) is 17.2. The molecule has 10 heteroatoms. The molecule has 0 aromatic heterocycles. The first kappa shape index (κ1) is 25.8. The number of carbonyl (C=O) groups is 3. The predicted molar refractivity (Wildman–Crippen MR) is 140 cm³/mol. The van der Waals surface area contributed by atoms with E-state index < -0.39 is 17.0 Å². The molecule has 1 fully saturated rings. The zero-order chi connectivity index (χ0) is 25.8. The summed E-state index contributed by atoms with van der Waals surface area (Å²) < 4.78 is 19.7. The molecule has 0 radical (unpaired) electrons. The quantitative estimate of drug-likeness (QED) is 0.335. The molecule has 6 nitrogen and oxygen atoms in total. The van der Waals surface area contributed by atoms with E-state index in [2.05, 4.69) is 5.32 Å². The highest BCUT2D eigenvalue weighted by molar-refractivity contribution is 8.18. The highest BCUT2D eigenvalue weighted by Crippen LogP contribution is 2.35. The third-order valence-corrected chi connectivity index (χ3v) is 6.90. The van der Waals surface area contributed by atoms with Gasteiger partial charge in [0.2, 0.25) is 0 Å². The number of benzene rings is 3. The van der Waals surface area contributed by atoms with E-state index in [0.717, 1.165) is 22.2 Å². The standard InChI is InChI=1S/C26H19Cl2FN2O4S/c1-15-8-9-17(12-21(15)28)30-24(32)14-35-18-5-2-4-16(10-18)11-23-25(33)31(26(34)36-23)13-19-20(27)6-3-7-22(19)29/h2-12H,13-14H2,1H3,(H,30,32)/b23-11-. The van der Waals surface area contributed by atoms with Crippen LogP contribution in [0.15, 0.2) is 65.6 Å². The van der Waals surface area contributed by atoms with Crippen LogP contribution < -0.4 is 10.1 Å². The Morgan fingerprint density at radius 3 is 2.61 bits per heavy atom. The van der Waals surface area contributed by atoms with Crippen LogP contribution in [0.2, 0.25) is 10.0 Å². The Balaban J connectivity index is 1.40. The van der Waals surface area contributed by atoms with Gasteiger partial charge in [0.05, 0.1) is 11.4 Å². The van der Waals surface area contributed by atoms with Gasteiger partial charge in [0.15, 0.2) is 6.61 Å². The lowest BCUT2D eigenvalue weighted by Gasteiger charge is -2.14. The fourth-order valence-corrected chi connectivity index (χ4v) is 4.58. The normalized spacial score (nSPS) is 14.4. The summed E-state index contributed by atoms with van der Waals surface area (Å²) in [5.74, 6) is -1.11. The van der Waals surface area contributed by atoms with Crippen LogP contribution in [0, 0.1) is 12.7 Å². The van der Waals surface area contributed by atoms with Gasteiger partial charge in [-0.1, -0.05) is 47.5 Å². The Morgan fingerprint density at radius 2 is 1.86 bits per heavy atom. The minimum absolute atomic E-state index is 0.0734. The van der Waals surface area contributed by atoms with E-state index in [1.54, 1.807) is 42.5 Å². The summed E-state index contributed by atoms with van der Waals surface area (Å²) in [6.45, 7) is 1.36. The molecular weight excluding hydrogens is 526 g/mol. The third kappa shape index (κ3) is 6.07. The topological polar surface area (TPSA) is 75.7 Å². The minimum Gasteiger partial charge on any atom is -0.484 e. The van der Waals surface area contributed by atoms with Crippen LogP contribution in [-0.4, -0.2) is 28.6 Å². The molecule has 1 aliphatic heterocycles. The van der Waals surface area contributed by atoms with Crippen LogP contribution in [0.4, 0.5) is 14.9 Å². The van der Waals surface area contributed by atoms with Gasteiger partial charge in [-0.3, -0.25) is 19.3 Å². The molecule has 4 rings (SSSR count).